The summed E-state index contributed by atoms with van der Waals surface area (Å²) in [4.78, 5) is 15.4. The first-order valence-corrected chi connectivity index (χ1v) is 7.62. The number of likely N-dealkylation sites (N-methyl/N-ethyl adjacent to an activating group) is 1. The normalized spacial score (nSPS) is 10.7. The lowest BCUT2D eigenvalue weighted by Crippen LogP contribution is -2.29. The monoisotopic (exact) mass is 304 g/mol. The molecule has 0 aliphatic carbocycles. The van der Waals surface area contributed by atoms with Crippen LogP contribution in [0.15, 0.2) is 35.7 Å². The van der Waals surface area contributed by atoms with Gasteiger partial charge in [0.1, 0.15) is 5.75 Å². The molecule has 0 aliphatic heterocycles. The van der Waals surface area contributed by atoms with E-state index in [0.29, 0.717) is 18.0 Å². The molecule has 0 fully saturated rings. The zero-order valence-electron chi connectivity index (χ0n) is 12.6. The number of amides is 1. The molecule has 0 bridgehead atoms. The maximum atomic E-state index is 12.1. The highest BCUT2D eigenvalue weighted by Crippen LogP contribution is 2.25. The number of rotatable bonds is 6. The van der Waals surface area contributed by atoms with Crippen molar-refractivity contribution >= 4 is 22.9 Å². The fourth-order valence-electron chi connectivity index (χ4n) is 2.08. The Morgan fingerprint density at radius 3 is 2.86 bits per heavy atom. The molecular weight excluding hydrogens is 284 g/mol. The standard InChI is InChI=1S/C16H20N2O2S/c1-12-6-7-15(20-3)14(9-12)17-16(19)11-18(2)10-13-5-4-8-21-13/h4-9H,10-11H2,1-3H3,(H,17,19). The second-order valence-electron chi connectivity index (χ2n) is 5.00. The Kier molecular flexibility index (Phi) is 5.36. The van der Waals surface area contributed by atoms with Crippen LogP contribution in [0.1, 0.15) is 10.4 Å². The van der Waals surface area contributed by atoms with Crippen molar-refractivity contribution in [2.24, 2.45) is 0 Å². The molecule has 0 aliphatic rings. The van der Waals surface area contributed by atoms with Gasteiger partial charge < -0.3 is 10.1 Å². The summed E-state index contributed by atoms with van der Waals surface area (Å²) in [6.07, 6.45) is 0. The summed E-state index contributed by atoms with van der Waals surface area (Å²) >= 11 is 1.70. The second kappa shape index (κ2) is 7.24. The quantitative estimate of drug-likeness (QED) is 0.891. The van der Waals surface area contributed by atoms with Crippen LogP contribution in [-0.4, -0.2) is 31.5 Å². The van der Waals surface area contributed by atoms with Crippen molar-refractivity contribution in [2.75, 3.05) is 26.0 Å². The van der Waals surface area contributed by atoms with Gasteiger partial charge in [0.05, 0.1) is 19.3 Å². The lowest BCUT2D eigenvalue weighted by molar-refractivity contribution is -0.117. The summed E-state index contributed by atoms with van der Waals surface area (Å²) in [5.74, 6) is 0.632. The van der Waals surface area contributed by atoms with E-state index in [1.54, 1.807) is 18.4 Å². The van der Waals surface area contributed by atoms with Crippen molar-refractivity contribution in [2.45, 2.75) is 13.5 Å². The molecule has 1 amide bonds. The van der Waals surface area contributed by atoms with Gasteiger partial charge in [-0.2, -0.15) is 0 Å². The highest BCUT2D eigenvalue weighted by molar-refractivity contribution is 7.09. The van der Waals surface area contributed by atoms with E-state index in [0.717, 1.165) is 12.1 Å². The molecule has 1 heterocycles. The van der Waals surface area contributed by atoms with Crippen LogP contribution in [0.25, 0.3) is 0 Å². The molecule has 1 aromatic heterocycles. The Bertz CT molecular complexity index is 596. The zero-order valence-corrected chi connectivity index (χ0v) is 13.4. The topological polar surface area (TPSA) is 41.6 Å². The van der Waals surface area contributed by atoms with Gasteiger partial charge in [-0.05, 0) is 43.1 Å². The molecule has 0 unspecified atom stereocenters. The molecule has 0 atom stereocenters. The van der Waals surface area contributed by atoms with E-state index >= 15 is 0 Å². The average molecular weight is 304 g/mol. The Labute approximate surface area is 129 Å². The van der Waals surface area contributed by atoms with Crippen molar-refractivity contribution in [3.05, 3.63) is 46.2 Å². The molecule has 0 spiro atoms. The number of thiophene rings is 1. The van der Waals surface area contributed by atoms with E-state index in [4.69, 9.17) is 4.74 Å². The van der Waals surface area contributed by atoms with Gasteiger partial charge in [-0.1, -0.05) is 12.1 Å². The van der Waals surface area contributed by atoms with E-state index in [1.807, 2.05) is 48.5 Å². The van der Waals surface area contributed by atoms with Crippen LogP contribution >= 0.6 is 11.3 Å². The maximum Gasteiger partial charge on any atom is 0.238 e. The van der Waals surface area contributed by atoms with Gasteiger partial charge in [0, 0.05) is 11.4 Å². The smallest absolute Gasteiger partial charge is 0.238 e. The van der Waals surface area contributed by atoms with Crippen LogP contribution in [-0.2, 0) is 11.3 Å². The number of nitrogens with zero attached hydrogens (tertiary/aromatic N) is 1. The molecule has 2 rings (SSSR count). The second-order valence-corrected chi connectivity index (χ2v) is 6.04. The molecule has 4 nitrogen and oxygen atoms in total. The minimum absolute atomic E-state index is 0.0436. The van der Waals surface area contributed by atoms with Crippen molar-refractivity contribution in [1.29, 1.82) is 0 Å². The molecule has 1 aromatic carbocycles. The number of aryl methyl sites for hydroxylation is 1. The van der Waals surface area contributed by atoms with E-state index in [2.05, 4.69) is 11.4 Å². The Morgan fingerprint density at radius 1 is 1.38 bits per heavy atom. The van der Waals surface area contributed by atoms with Crippen LogP contribution < -0.4 is 10.1 Å². The molecule has 0 saturated carbocycles. The minimum atomic E-state index is -0.0436. The number of hydrogen-bond donors (Lipinski definition) is 1. The Hall–Kier alpha value is -1.85. The van der Waals surface area contributed by atoms with E-state index < -0.39 is 0 Å². The number of nitrogens with one attached hydrogen (secondary N) is 1. The summed E-state index contributed by atoms with van der Waals surface area (Å²) in [6.45, 7) is 3.10. The Morgan fingerprint density at radius 2 is 2.19 bits per heavy atom. The van der Waals surface area contributed by atoms with Gasteiger partial charge in [-0.25, -0.2) is 0 Å². The van der Waals surface area contributed by atoms with E-state index in [9.17, 15) is 4.79 Å². The summed E-state index contributed by atoms with van der Waals surface area (Å²) in [5.41, 5.74) is 1.80. The van der Waals surface area contributed by atoms with E-state index in [1.165, 1.54) is 4.88 Å². The van der Waals surface area contributed by atoms with Gasteiger partial charge in [0.25, 0.3) is 0 Å². The van der Waals surface area contributed by atoms with E-state index in [-0.39, 0.29) is 5.91 Å². The van der Waals surface area contributed by atoms with Crippen molar-refractivity contribution in [3.8, 4) is 5.75 Å². The molecule has 1 N–H and O–H groups in total. The van der Waals surface area contributed by atoms with Gasteiger partial charge in [-0.15, -0.1) is 11.3 Å². The number of hydrogen-bond acceptors (Lipinski definition) is 4. The average Bonchev–Trinajstić information content (AvgIpc) is 2.91. The summed E-state index contributed by atoms with van der Waals surface area (Å²) in [6, 6.07) is 9.82. The minimum Gasteiger partial charge on any atom is -0.495 e. The number of carbonyl (C=O) groups excluding carboxylic acids is 1. The van der Waals surface area contributed by atoms with Crippen LogP contribution in [0.2, 0.25) is 0 Å². The largest absolute Gasteiger partial charge is 0.495 e. The van der Waals surface area contributed by atoms with Gasteiger partial charge in [-0.3, -0.25) is 9.69 Å². The van der Waals surface area contributed by atoms with Crippen molar-refractivity contribution in [1.82, 2.24) is 4.90 Å². The van der Waals surface area contributed by atoms with Crippen molar-refractivity contribution in [3.63, 3.8) is 0 Å². The first-order valence-electron chi connectivity index (χ1n) is 6.74. The number of ether oxygens (including phenoxy) is 1. The lowest BCUT2D eigenvalue weighted by atomic mass is 10.2. The molecule has 0 saturated heterocycles. The van der Waals surface area contributed by atoms with Gasteiger partial charge in [0.2, 0.25) is 5.91 Å². The summed E-state index contributed by atoms with van der Waals surface area (Å²) in [7, 11) is 3.54. The molecule has 5 heteroatoms. The predicted octanol–water partition coefficient (Wildman–Crippen LogP) is 3.14. The van der Waals surface area contributed by atoms with Gasteiger partial charge in [0.15, 0.2) is 0 Å². The number of anilines is 1. The maximum absolute atomic E-state index is 12.1. The number of carbonyl (C=O) groups is 1. The summed E-state index contributed by atoms with van der Waals surface area (Å²) in [5, 5.41) is 4.95. The SMILES string of the molecule is COc1ccc(C)cc1NC(=O)CN(C)Cc1cccs1. The predicted molar refractivity (Wildman–Crippen MR) is 87.0 cm³/mol. The number of benzene rings is 1. The highest BCUT2D eigenvalue weighted by atomic mass is 32.1. The zero-order chi connectivity index (χ0) is 15.2. The third kappa shape index (κ3) is 4.58. The highest BCUT2D eigenvalue weighted by Gasteiger charge is 2.11. The third-order valence-corrected chi connectivity index (χ3v) is 3.91. The van der Waals surface area contributed by atoms with Crippen LogP contribution in [0.4, 0.5) is 5.69 Å². The van der Waals surface area contributed by atoms with Crippen molar-refractivity contribution < 1.29 is 9.53 Å². The first kappa shape index (κ1) is 15.5. The van der Waals surface area contributed by atoms with Gasteiger partial charge >= 0.3 is 0 Å². The molecule has 21 heavy (non-hydrogen) atoms. The fraction of sp³-hybridized carbons (Fsp3) is 0.312. The molecular formula is C16H20N2O2S. The van der Waals surface area contributed by atoms with Crippen LogP contribution in [0.5, 0.6) is 5.75 Å². The summed E-state index contributed by atoms with van der Waals surface area (Å²) < 4.78 is 5.26. The third-order valence-electron chi connectivity index (χ3n) is 3.05. The molecule has 112 valence electrons. The number of methoxy groups -OCH3 is 1. The lowest BCUT2D eigenvalue weighted by Gasteiger charge is -2.16. The Balaban J connectivity index is 1.93. The fourth-order valence-corrected chi connectivity index (χ4v) is 2.86. The van der Waals surface area contributed by atoms with Crippen LogP contribution in [0.3, 0.4) is 0 Å². The molecule has 2 aromatic rings. The van der Waals surface area contributed by atoms with Crippen LogP contribution in [0, 0.1) is 6.92 Å². The first-order chi connectivity index (χ1) is 10.1. The molecule has 0 radical (unpaired) electrons.